The summed E-state index contributed by atoms with van der Waals surface area (Å²) in [5, 5.41) is 0. The molecule has 0 aromatic carbocycles. The fourth-order valence-corrected chi connectivity index (χ4v) is 3.66. The molecule has 2 fully saturated rings. The van der Waals surface area contributed by atoms with E-state index < -0.39 is 0 Å². The Morgan fingerprint density at radius 1 is 1.00 bits per heavy atom. The molecule has 0 amide bonds. The molecule has 1 heterocycles. The second-order valence-electron chi connectivity index (χ2n) is 9.22. The van der Waals surface area contributed by atoms with Gasteiger partial charge >= 0.3 is 0 Å². The minimum Gasteiger partial charge on any atom is -0.376 e. The number of hydrogen-bond acceptors (Lipinski definition) is 2. The van der Waals surface area contributed by atoms with Crippen molar-refractivity contribution in [2.45, 2.75) is 84.8 Å². The first-order chi connectivity index (χ1) is 9.10. The molecule has 1 spiro atoms. The highest BCUT2D eigenvalue weighted by Crippen LogP contribution is 2.48. The molecule has 1 aliphatic heterocycles. The molecule has 118 valence electrons. The Balaban J connectivity index is 1.67. The molecular weight excluding hydrogens is 246 g/mol. The van der Waals surface area contributed by atoms with E-state index in [9.17, 15) is 0 Å². The first-order valence-corrected chi connectivity index (χ1v) is 8.49. The van der Waals surface area contributed by atoms with Crippen molar-refractivity contribution in [2.24, 2.45) is 11.3 Å². The molecule has 2 rings (SSSR count). The van der Waals surface area contributed by atoms with Gasteiger partial charge in [-0.2, -0.15) is 0 Å². The molecule has 0 atom stereocenters. The van der Waals surface area contributed by atoms with E-state index >= 15 is 0 Å². The second kappa shape index (κ2) is 5.61. The lowest BCUT2D eigenvalue weighted by Crippen LogP contribution is -2.63. The summed E-state index contributed by atoms with van der Waals surface area (Å²) < 4.78 is 5.88. The van der Waals surface area contributed by atoms with E-state index in [-0.39, 0.29) is 5.60 Å². The van der Waals surface area contributed by atoms with Crippen molar-refractivity contribution in [3.63, 3.8) is 0 Å². The van der Waals surface area contributed by atoms with Crippen LogP contribution in [0.4, 0.5) is 0 Å². The van der Waals surface area contributed by atoms with Crippen molar-refractivity contribution in [1.82, 2.24) is 4.90 Å². The van der Waals surface area contributed by atoms with Gasteiger partial charge in [0.2, 0.25) is 0 Å². The molecule has 0 unspecified atom stereocenters. The maximum absolute atomic E-state index is 5.88. The maximum Gasteiger partial charge on any atom is 0.0598 e. The molecule has 1 aliphatic carbocycles. The zero-order valence-electron chi connectivity index (χ0n) is 14.6. The minimum absolute atomic E-state index is 0.0249. The first-order valence-electron chi connectivity index (χ1n) is 8.49. The molecule has 0 N–H and O–H groups in total. The summed E-state index contributed by atoms with van der Waals surface area (Å²) in [6, 6.07) is 0. The predicted octanol–water partition coefficient (Wildman–Crippen LogP) is 4.48. The van der Waals surface area contributed by atoms with Crippen LogP contribution in [0.15, 0.2) is 0 Å². The second-order valence-corrected chi connectivity index (χ2v) is 9.22. The highest BCUT2D eigenvalue weighted by atomic mass is 16.5. The minimum atomic E-state index is 0.0249. The summed E-state index contributed by atoms with van der Waals surface area (Å²) >= 11 is 0. The molecule has 2 aliphatic rings. The lowest BCUT2D eigenvalue weighted by molar-refractivity contribution is -0.0882. The molecule has 2 heteroatoms. The summed E-state index contributed by atoms with van der Waals surface area (Å²) in [5.74, 6) is 0.909. The third-order valence-electron chi connectivity index (χ3n) is 5.23. The summed E-state index contributed by atoms with van der Waals surface area (Å²) in [7, 11) is 0. The largest absolute Gasteiger partial charge is 0.376 e. The van der Waals surface area contributed by atoms with Gasteiger partial charge in [0.1, 0.15) is 0 Å². The van der Waals surface area contributed by atoms with Crippen molar-refractivity contribution in [3.05, 3.63) is 0 Å². The zero-order chi connectivity index (χ0) is 15.0. The Morgan fingerprint density at radius 3 is 2.00 bits per heavy atom. The molecule has 1 saturated heterocycles. The van der Waals surface area contributed by atoms with Gasteiger partial charge in [0.15, 0.2) is 0 Å². The van der Waals surface area contributed by atoms with E-state index in [4.69, 9.17) is 4.74 Å². The topological polar surface area (TPSA) is 12.5 Å². The van der Waals surface area contributed by atoms with Crippen LogP contribution in [0, 0.1) is 11.3 Å². The quantitative estimate of drug-likeness (QED) is 0.756. The van der Waals surface area contributed by atoms with Crippen molar-refractivity contribution in [2.75, 3.05) is 19.7 Å². The van der Waals surface area contributed by atoms with E-state index in [0.717, 1.165) is 12.5 Å². The van der Waals surface area contributed by atoms with Gasteiger partial charge in [-0.25, -0.2) is 0 Å². The standard InChI is InChI=1S/C18H35NO/c1-16(2,3)19-13-18(14-19)10-7-15(8-11-18)9-12-20-17(4,5)6/h15H,7-14H2,1-6H3. The van der Waals surface area contributed by atoms with Gasteiger partial charge in [-0.05, 0) is 85.0 Å². The molecule has 0 aromatic rings. The normalized spacial score (nSPS) is 24.9. The number of hydrogen-bond donors (Lipinski definition) is 0. The molecule has 0 aromatic heterocycles. The average molecular weight is 281 g/mol. The highest BCUT2D eigenvalue weighted by Gasteiger charge is 2.47. The summed E-state index contributed by atoms with van der Waals surface area (Å²) in [6.45, 7) is 17.1. The fourth-order valence-electron chi connectivity index (χ4n) is 3.66. The van der Waals surface area contributed by atoms with Gasteiger partial charge in [-0.3, -0.25) is 4.90 Å². The molecule has 2 nitrogen and oxygen atoms in total. The van der Waals surface area contributed by atoms with Crippen molar-refractivity contribution < 1.29 is 4.74 Å². The van der Waals surface area contributed by atoms with Gasteiger partial charge in [0, 0.05) is 25.2 Å². The zero-order valence-corrected chi connectivity index (χ0v) is 14.6. The lowest BCUT2D eigenvalue weighted by atomic mass is 9.64. The van der Waals surface area contributed by atoms with Crippen molar-refractivity contribution >= 4 is 0 Å². The third-order valence-corrected chi connectivity index (χ3v) is 5.23. The van der Waals surface area contributed by atoms with E-state index in [2.05, 4.69) is 46.4 Å². The average Bonchev–Trinajstić information content (AvgIpc) is 2.24. The predicted molar refractivity (Wildman–Crippen MR) is 86.0 cm³/mol. The highest BCUT2D eigenvalue weighted by molar-refractivity contribution is 5.01. The van der Waals surface area contributed by atoms with Crippen LogP contribution in [0.25, 0.3) is 0 Å². The van der Waals surface area contributed by atoms with E-state index in [1.54, 1.807) is 0 Å². The Bertz CT molecular complexity index is 307. The van der Waals surface area contributed by atoms with Crippen molar-refractivity contribution in [1.29, 1.82) is 0 Å². The third kappa shape index (κ3) is 4.21. The first kappa shape index (κ1) is 16.3. The van der Waals surface area contributed by atoms with Crippen LogP contribution in [-0.4, -0.2) is 35.7 Å². The Morgan fingerprint density at radius 2 is 1.55 bits per heavy atom. The molecule has 20 heavy (non-hydrogen) atoms. The van der Waals surface area contributed by atoms with Crippen LogP contribution in [0.5, 0.6) is 0 Å². The number of rotatable bonds is 3. The summed E-state index contributed by atoms with van der Waals surface area (Å²) in [4.78, 5) is 2.65. The van der Waals surface area contributed by atoms with Crippen LogP contribution >= 0.6 is 0 Å². The van der Waals surface area contributed by atoms with Gasteiger partial charge in [-0.1, -0.05) is 0 Å². The lowest BCUT2D eigenvalue weighted by Gasteiger charge is -2.58. The fraction of sp³-hybridized carbons (Fsp3) is 1.00. The molecule has 1 saturated carbocycles. The molecule has 0 radical (unpaired) electrons. The maximum atomic E-state index is 5.88. The van der Waals surface area contributed by atoms with Gasteiger partial charge in [0.05, 0.1) is 5.60 Å². The van der Waals surface area contributed by atoms with Gasteiger partial charge < -0.3 is 4.74 Å². The van der Waals surface area contributed by atoms with Crippen LogP contribution in [0.2, 0.25) is 0 Å². The Hall–Kier alpha value is -0.0800. The van der Waals surface area contributed by atoms with E-state index in [1.807, 2.05) is 0 Å². The molecule has 0 bridgehead atoms. The van der Waals surface area contributed by atoms with E-state index in [1.165, 1.54) is 45.2 Å². The SMILES string of the molecule is CC(C)(C)OCCC1CCC2(CC1)CN(C(C)(C)C)C2. The summed E-state index contributed by atoms with van der Waals surface area (Å²) in [5.41, 5.74) is 1.06. The van der Waals surface area contributed by atoms with Crippen molar-refractivity contribution in [3.8, 4) is 0 Å². The van der Waals surface area contributed by atoms with Crippen LogP contribution < -0.4 is 0 Å². The summed E-state index contributed by atoms with van der Waals surface area (Å²) in [6.07, 6.45) is 6.99. The Kier molecular flexibility index (Phi) is 4.57. The van der Waals surface area contributed by atoms with Crippen LogP contribution in [-0.2, 0) is 4.74 Å². The smallest absolute Gasteiger partial charge is 0.0598 e. The molecular formula is C18H35NO. The van der Waals surface area contributed by atoms with Crippen LogP contribution in [0.3, 0.4) is 0 Å². The Labute approximate surface area is 126 Å². The van der Waals surface area contributed by atoms with Gasteiger partial charge in [-0.15, -0.1) is 0 Å². The van der Waals surface area contributed by atoms with Crippen LogP contribution in [0.1, 0.15) is 73.6 Å². The van der Waals surface area contributed by atoms with Gasteiger partial charge in [0.25, 0.3) is 0 Å². The number of ether oxygens (including phenoxy) is 1. The number of likely N-dealkylation sites (tertiary alicyclic amines) is 1. The number of nitrogens with zero attached hydrogens (tertiary/aromatic N) is 1. The monoisotopic (exact) mass is 281 g/mol. The van der Waals surface area contributed by atoms with E-state index in [0.29, 0.717) is 11.0 Å².